The predicted molar refractivity (Wildman–Crippen MR) is 112 cm³/mol. The smallest absolute Gasteiger partial charge is 0.336 e. The van der Waals surface area contributed by atoms with Crippen molar-refractivity contribution in [3.63, 3.8) is 0 Å². The Morgan fingerprint density at radius 3 is 2.78 bits per heavy atom. The number of rotatable bonds is 8. The van der Waals surface area contributed by atoms with Crippen LogP contribution in [-0.4, -0.2) is 6.54 Å². The van der Waals surface area contributed by atoms with Crippen molar-refractivity contribution in [1.29, 1.82) is 0 Å². The van der Waals surface area contributed by atoms with Gasteiger partial charge in [-0.2, -0.15) is 0 Å². The van der Waals surface area contributed by atoms with Crippen molar-refractivity contribution in [3.8, 4) is 5.75 Å². The number of nitrogens with one attached hydrogen (secondary N) is 1. The molecule has 1 N–H and O–H groups in total. The zero-order chi connectivity index (χ0) is 18.4. The van der Waals surface area contributed by atoms with Gasteiger partial charge in [0.2, 0.25) is 0 Å². The van der Waals surface area contributed by atoms with E-state index >= 15 is 0 Å². The lowest BCUT2D eigenvalue weighted by Gasteiger charge is -2.10. The topological polar surface area (TPSA) is 51.5 Å². The van der Waals surface area contributed by atoms with Gasteiger partial charge in [-0.15, -0.1) is 12.4 Å². The molecule has 0 radical (unpaired) electrons. The first-order valence-corrected chi connectivity index (χ1v) is 9.18. The highest BCUT2D eigenvalue weighted by atomic mass is 35.5. The van der Waals surface area contributed by atoms with Crippen LogP contribution < -0.4 is 15.7 Å². The molecule has 144 valence electrons. The van der Waals surface area contributed by atoms with Crippen molar-refractivity contribution in [2.45, 2.75) is 32.9 Å². The average Bonchev–Trinajstić information content (AvgIpc) is 2.63. The molecule has 3 rings (SSSR count). The van der Waals surface area contributed by atoms with Gasteiger partial charge in [0.25, 0.3) is 0 Å². The van der Waals surface area contributed by atoms with E-state index in [-0.39, 0.29) is 18.0 Å². The number of unbranched alkanes of at least 4 members (excludes halogenated alkanes) is 1. The number of hydrogen-bond acceptors (Lipinski definition) is 4. The molecule has 0 bridgehead atoms. The summed E-state index contributed by atoms with van der Waals surface area (Å²) in [7, 11) is 0. The normalized spacial score (nSPS) is 10.6. The molecule has 0 atom stereocenters. The molecule has 6 heteroatoms. The van der Waals surface area contributed by atoms with Crippen LogP contribution in [0.5, 0.6) is 5.75 Å². The van der Waals surface area contributed by atoms with Crippen molar-refractivity contribution in [1.82, 2.24) is 5.32 Å². The molecule has 0 aliphatic rings. The summed E-state index contributed by atoms with van der Waals surface area (Å²) in [5.74, 6) is 0.650. The summed E-state index contributed by atoms with van der Waals surface area (Å²) < 4.78 is 11.2. The Labute approximate surface area is 169 Å². The van der Waals surface area contributed by atoms with Gasteiger partial charge in [0.05, 0.1) is 0 Å². The third-order valence-electron chi connectivity index (χ3n) is 4.12. The van der Waals surface area contributed by atoms with Crippen LogP contribution in [0.1, 0.15) is 30.9 Å². The van der Waals surface area contributed by atoms with Crippen LogP contribution in [0.4, 0.5) is 0 Å². The van der Waals surface area contributed by atoms with E-state index in [2.05, 4.69) is 12.2 Å². The van der Waals surface area contributed by atoms with Gasteiger partial charge in [-0.25, -0.2) is 4.79 Å². The highest BCUT2D eigenvalue weighted by molar-refractivity contribution is 6.30. The molecular formula is C21H23Cl2NO3. The lowest BCUT2D eigenvalue weighted by Crippen LogP contribution is -2.16. The van der Waals surface area contributed by atoms with Crippen molar-refractivity contribution < 1.29 is 9.15 Å². The fourth-order valence-electron chi connectivity index (χ4n) is 2.76. The monoisotopic (exact) mass is 407 g/mol. The quantitative estimate of drug-likeness (QED) is 0.404. The molecule has 0 aliphatic heterocycles. The van der Waals surface area contributed by atoms with Crippen LogP contribution in [0.25, 0.3) is 11.0 Å². The molecule has 2 aromatic carbocycles. The van der Waals surface area contributed by atoms with Crippen LogP contribution in [-0.2, 0) is 13.2 Å². The zero-order valence-corrected chi connectivity index (χ0v) is 16.7. The summed E-state index contributed by atoms with van der Waals surface area (Å²) in [4.78, 5) is 11.9. The summed E-state index contributed by atoms with van der Waals surface area (Å²) in [5, 5.41) is 4.96. The van der Waals surface area contributed by atoms with E-state index < -0.39 is 0 Å². The van der Waals surface area contributed by atoms with Crippen LogP contribution in [0, 0.1) is 0 Å². The molecule has 1 heterocycles. The standard InChI is InChI=1S/C21H22ClNO3.ClH/c1-2-3-9-23-13-16-11-21(24)26-20-12-18(7-8-19(16)20)25-14-15-5-4-6-17(22)10-15;/h4-8,10-12,23H,2-3,9,13-14H2,1H3;1H. The van der Waals surface area contributed by atoms with E-state index in [0.29, 0.717) is 29.5 Å². The van der Waals surface area contributed by atoms with Crippen LogP contribution in [0.3, 0.4) is 0 Å². The third kappa shape index (κ3) is 5.99. The van der Waals surface area contributed by atoms with Crippen molar-refractivity contribution in [2.75, 3.05) is 6.54 Å². The lowest BCUT2D eigenvalue weighted by molar-refractivity contribution is 0.306. The first kappa shape index (κ1) is 21.3. The third-order valence-corrected chi connectivity index (χ3v) is 4.35. The van der Waals surface area contributed by atoms with E-state index in [9.17, 15) is 4.79 Å². The fourth-order valence-corrected chi connectivity index (χ4v) is 2.98. The molecule has 0 spiro atoms. The van der Waals surface area contributed by atoms with Crippen molar-refractivity contribution in [2.24, 2.45) is 0 Å². The molecular weight excluding hydrogens is 385 g/mol. The van der Waals surface area contributed by atoms with Gasteiger partial charge >= 0.3 is 5.63 Å². The first-order chi connectivity index (χ1) is 12.7. The Morgan fingerprint density at radius 2 is 2.00 bits per heavy atom. The molecule has 0 aliphatic carbocycles. The minimum Gasteiger partial charge on any atom is -0.489 e. The number of ether oxygens (including phenoxy) is 1. The second kappa shape index (κ2) is 10.4. The van der Waals surface area contributed by atoms with Gasteiger partial charge < -0.3 is 14.5 Å². The number of hydrogen-bond donors (Lipinski definition) is 1. The molecule has 1 aromatic heterocycles. The molecule has 0 fully saturated rings. The van der Waals surface area contributed by atoms with E-state index in [1.165, 1.54) is 0 Å². The minimum atomic E-state index is -0.350. The zero-order valence-electron chi connectivity index (χ0n) is 15.2. The molecule has 0 saturated carbocycles. The molecule has 0 saturated heterocycles. The lowest BCUT2D eigenvalue weighted by atomic mass is 10.1. The van der Waals surface area contributed by atoms with E-state index in [1.807, 2.05) is 36.4 Å². The predicted octanol–water partition coefficient (Wildman–Crippen LogP) is 5.34. The molecule has 3 aromatic rings. The first-order valence-electron chi connectivity index (χ1n) is 8.80. The van der Waals surface area contributed by atoms with Crippen LogP contribution in [0.15, 0.2) is 57.7 Å². The summed E-state index contributed by atoms with van der Waals surface area (Å²) >= 11 is 5.99. The Balaban J connectivity index is 0.00000261. The van der Waals surface area contributed by atoms with E-state index in [0.717, 1.165) is 35.9 Å². The van der Waals surface area contributed by atoms with Crippen molar-refractivity contribution >= 4 is 35.0 Å². The molecule has 0 unspecified atom stereocenters. The summed E-state index contributed by atoms with van der Waals surface area (Å²) in [6, 6.07) is 14.7. The second-order valence-electron chi connectivity index (χ2n) is 6.20. The van der Waals surface area contributed by atoms with E-state index in [4.69, 9.17) is 20.8 Å². The van der Waals surface area contributed by atoms with Gasteiger partial charge in [-0.05, 0) is 48.4 Å². The largest absolute Gasteiger partial charge is 0.489 e. The minimum absolute atomic E-state index is 0. The van der Waals surface area contributed by atoms with E-state index in [1.54, 1.807) is 12.1 Å². The Bertz CT molecular complexity index is 940. The Kier molecular flexibility index (Phi) is 8.17. The van der Waals surface area contributed by atoms with Crippen LogP contribution >= 0.6 is 24.0 Å². The summed E-state index contributed by atoms with van der Waals surface area (Å²) in [6.07, 6.45) is 2.25. The highest BCUT2D eigenvalue weighted by Crippen LogP contribution is 2.23. The highest BCUT2D eigenvalue weighted by Gasteiger charge is 2.07. The van der Waals surface area contributed by atoms with Gasteiger partial charge in [0.1, 0.15) is 17.9 Å². The maximum absolute atomic E-state index is 11.9. The maximum atomic E-state index is 11.9. The fraction of sp³-hybridized carbons (Fsp3) is 0.286. The summed E-state index contributed by atoms with van der Waals surface area (Å²) in [5.41, 5.74) is 2.10. The SMILES string of the molecule is CCCCNCc1cc(=O)oc2cc(OCc3cccc(Cl)c3)ccc12.Cl. The van der Waals surface area contributed by atoms with Crippen molar-refractivity contribution in [3.05, 3.63) is 75.1 Å². The molecule has 27 heavy (non-hydrogen) atoms. The van der Waals surface area contributed by atoms with Gasteiger partial charge in [-0.1, -0.05) is 37.1 Å². The summed E-state index contributed by atoms with van der Waals surface area (Å²) in [6.45, 7) is 4.12. The van der Waals surface area contributed by atoms with Gasteiger partial charge in [0.15, 0.2) is 0 Å². The maximum Gasteiger partial charge on any atom is 0.336 e. The van der Waals surface area contributed by atoms with Crippen LogP contribution in [0.2, 0.25) is 5.02 Å². The second-order valence-corrected chi connectivity index (χ2v) is 6.63. The number of benzene rings is 2. The average molecular weight is 408 g/mol. The van der Waals surface area contributed by atoms with Gasteiger partial charge in [0, 0.05) is 29.1 Å². The Hall–Kier alpha value is -2.01. The number of fused-ring (bicyclic) bond motifs is 1. The number of halogens is 2. The van der Waals surface area contributed by atoms with Gasteiger partial charge in [-0.3, -0.25) is 0 Å². The molecule has 0 amide bonds. The molecule has 4 nitrogen and oxygen atoms in total. The Morgan fingerprint density at radius 1 is 1.15 bits per heavy atom.